The molecule has 1 fully saturated rings. The van der Waals surface area contributed by atoms with Gasteiger partial charge in [0.2, 0.25) is 5.78 Å². The fourth-order valence-corrected chi connectivity index (χ4v) is 4.81. The number of alkyl halides is 6. The first-order chi connectivity index (χ1) is 19.0. The molecular weight excluding hydrogens is 586 g/mol. The van der Waals surface area contributed by atoms with Gasteiger partial charge in [-0.1, -0.05) is 0 Å². The van der Waals surface area contributed by atoms with Gasteiger partial charge in [-0.05, 0) is 42.7 Å². The van der Waals surface area contributed by atoms with Gasteiger partial charge in [0.15, 0.2) is 0 Å². The van der Waals surface area contributed by atoms with Crippen molar-refractivity contribution < 1.29 is 48.8 Å². The molecule has 41 heavy (non-hydrogen) atoms. The number of hydrogen-bond donors (Lipinski definition) is 3. The minimum absolute atomic E-state index is 0.0435. The van der Waals surface area contributed by atoms with Crippen LogP contribution < -0.4 is 10.5 Å². The van der Waals surface area contributed by atoms with Crippen LogP contribution in [0.25, 0.3) is 0 Å². The Labute approximate surface area is 228 Å². The van der Waals surface area contributed by atoms with Crippen LogP contribution in [0.3, 0.4) is 0 Å². The van der Waals surface area contributed by atoms with E-state index in [0.29, 0.717) is 18.2 Å². The lowest BCUT2D eigenvalue weighted by Crippen LogP contribution is -2.24. The molecule has 2 heterocycles. The van der Waals surface area contributed by atoms with Gasteiger partial charge in [-0.25, -0.2) is 15.1 Å². The van der Waals surface area contributed by atoms with Gasteiger partial charge in [-0.3, -0.25) is 13.7 Å². The van der Waals surface area contributed by atoms with Crippen molar-refractivity contribution >= 4 is 21.9 Å². The summed E-state index contributed by atoms with van der Waals surface area (Å²) in [5, 5.41) is 22.0. The Bertz CT molecular complexity index is 1530. The highest BCUT2D eigenvalue weighted by atomic mass is 32.2. The molecule has 0 unspecified atom stereocenters. The van der Waals surface area contributed by atoms with E-state index in [9.17, 15) is 44.7 Å². The molecule has 1 saturated carbocycles. The third-order valence-corrected chi connectivity index (χ3v) is 6.81. The maximum atomic E-state index is 13.4. The quantitative estimate of drug-likeness (QED) is 0.245. The largest absolute Gasteiger partial charge is 0.416 e. The number of rotatable bonds is 9. The van der Waals surface area contributed by atoms with E-state index in [1.165, 1.54) is 6.07 Å². The monoisotopic (exact) mass is 608 g/mol. The highest BCUT2D eigenvalue weighted by Crippen LogP contribution is 2.37. The lowest BCUT2D eigenvalue weighted by Gasteiger charge is -2.16. The van der Waals surface area contributed by atoms with Gasteiger partial charge in [0.05, 0.1) is 35.9 Å². The maximum Gasteiger partial charge on any atom is 0.416 e. The molecule has 2 aromatic heterocycles. The number of halogens is 6. The standard InChI is InChI=1S/C23H22F6N6O5S/c24-22(25,26)14-1-2-17(23(27,28)29)12(5-14)9-35-4-3-18(34-35)20(37)16-8-31-11-32-21(16)33-15-6-13(19(36)7-15)10-40-41(30,38)39/h1-5,8,11,13,15,19,36H,6-7,9-10H2,(H2,30,38,39)(H,31,32,33)/t13-,15-,19+/m1/s1. The van der Waals surface area contributed by atoms with E-state index < -0.39 is 69.7 Å². The second kappa shape index (κ2) is 11.3. The molecule has 11 nitrogen and oxygen atoms in total. The van der Waals surface area contributed by atoms with Crippen molar-refractivity contribution in [3.05, 3.63) is 70.9 Å². The third-order valence-electron chi connectivity index (χ3n) is 6.35. The fraction of sp³-hybridized carbons (Fsp3) is 0.391. The first kappa shape index (κ1) is 30.4. The number of carbonyl (C=O) groups is 1. The summed E-state index contributed by atoms with van der Waals surface area (Å²) in [6.45, 7) is -1.06. The third kappa shape index (κ3) is 7.57. The molecule has 1 aliphatic carbocycles. The van der Waals surface area contributed by atoms with E-state index in [1.54, 1.807) is 0 Å². The van der Waals surface area contributed by atoms with Crippen LogP contribution in [-0.2, 0) is 33.4 Å². The average molecular weight is 609 g/mol. The Morgan fingerprint density at radius 1 is 1.15 bits per heavy atom. The van der Waals surface area contributed by atoms with E-state index in [0.717, 1.165) is 23.4 Å². The van der Waals surface area contributed by atoms with Crippen LogP contribution in [0.5, 0.6) is 0 Å². The van der Waals surface area contributed by atoms with Gasteiger partial charge >= 0.3 is 22.7 Å². The molecular formula is C23H22F6N6O5S. The van der Waals surface area contributed by atoms with Crippen LogP contribution in [0.2, 0.25) is 0 Å². The van der Waals surface area contributed by atoms with Gasteiger partial charge < -0.3 is 10.4 Å². The highest BCUT2D eigenvalue weighted by molar-refractivity contribution is 7.84. The zero-order valence-corrected chi connectivity index (χ0v) is 21.5. The fourth-order valence-electron chi connectivity index (χ4n) is 4.45. The average Bonchev–Trinajstić information content (AvgIpc) is 3.47. The Morgan fingerprint density at radius 3 is 2.54 bits per heavy atom. The first-order valence-corrected chi connectivity index (χ1v) is 13.3. The second-order valence-corrected chi connectivity index (χ2v) is 10.5. The van der Waals surface area contributed by atoms with Crippen molar-refractivity contribution in [2.75, 3.05) is 11.9 Å². The van der Waals surface area contributed by atoms with E-state index in [-0.39, 0.29) is 36.5 Å². The molecule has 0 aliphatic heterocycles. The molecule has 0 bridgehead atoms. The lowest BCUT2D eigenvalue weighted by atomic mass is 10.0. The van der Waals surface area contributed by atoms with Gasteiger partial charge in [0, 0.05) is 24.4 Å². The van der Waals surface area contributed by atoms with Gasteiger partial charge in [0.25, 0.3) is 0 Å². The molecule has 4 N–H and O–H groups in total. The first-order valence-electron chi connectivity index (χ1n) is 11.8. The number of nitrogens with two attached hydrogens (primary N) is 1. The Hall–Kier alpha value is -3.61. The van der Waals surface area contributed by atoms with E-state index in [4.69, 9.17) is 5.14 Å². The van der Waals surface area contributed by atoms with Crippen molar-refractivity contribution in [3.63, 3.8) is 0 Å². The topological polar surface area (TPSA) is 162 Å². The number of aromatic nitrogens is 4. The van der Waals surface area contributed by atoms with Crippen LogP contribution in [0.4, 0.5) is 32.2 Å². The van der Waals surface area contributed by atoms with Crippen molar-refractivity contribution in [2.45, 2.75) is 43.9 Å². The number of nitrogens with zero attached hydrogens (tertiary/aromatic N) is 4. The zero-order valence-electron chi connectivity index (χ0n) is 20.7. The number of aliphatic hydroxyl groups excluding tert-OH is 1. The summed E-state index contributed by atoms with van der Waals surface area (Å²) in [6.07, 6.45) is -6.90. The number of aliphatic hydroxyl groups is 1. The minimum Gasteiger partial charge on any atom is -0.393 e. The Morgan fingerprint density at radius 2 is 1.88 bits per heavy atom. The van der Waals surface area contributed by atoms with Crippen molar-refractivity contribution in [3.8, 4) is 0 Å². The predicted molar refractivity (Wildman–Crippen MR) is 128 cm³/mol. The van der Waals surface area contributed by atoms with Crippen molar-refractivity contribution in [2.24, 2.45) is 11.1 Å². The normalized spacial score (nSPS) is 19.9. The summed E-state index contributed by atoms with van der Waals surface area (Å²) in [5.74, 6) is -1.28. The van der Waals surface area contributed by atoms with Crippen LogP contribution in [-0.4, -0.2) is 57.8 Å². The molecule has 0 amide bonds. The zero-order chi connectivity index (χ0) is 30.2. The molecule has 1 aliphatic rings. The molecule has 222 valence electrons. The minimum atomic E-state index is -4.93. The van der Waals surface area contributed by atoms with Gasteiger partial charge in [0.1, 0.15) is 17.8 Å². The van der Waals surface area contributed by atoms with E-state index >= 15 is 0 Å². The molecule has 0 radical (unpaired) electrons. The summed E-state index contributed by atoms with van der Waals surface area (Å²) in [7, 11) is -4.21. The smallest absolute Gasteiger partial charge is 0.393 e. The van der Waals surface area contributed by atoms with E-state index in [1.807, 2.05) is 0 Å². The summed E-state index contributed by atoms with van der Waals surface area (Å²) < 4.78 is 107. The summed E-state index contributed by atoms with van der Waals surface area (Å²) >= 11 is 0. The molecule has 0 saturated heterocycles. The number of carbonyl (C=O) groups excluding carboxylic acids is 1. The summed E-state index contributed by atoms with van der Waals surface area (Å²) in [4.78, 5) is 21.0. The van der Waals surface area contributed by atoms with Crippen molar-refractivity contribution in [1.82, 2.24) is 19.7 Å². The maximum absolute atomic E-state index is 13.4. The molecule has 4 rings (SSSR count). The Balaban J connectivity index is 1.52. The molecule has 3 atom stereocenters. The predicted octanol–water partition coefficient (Wildman–Crippen LogP) is 2.76. The van der Waals surface area contributed by atoms with Crippen LogP contribution in [0, 0.1) is 5.92 Å². The van der Waals surface area contributed by atoms with Crippen LogP contribution in [0.1, 0.15) is 45.6 Å². The Kier molecular flexibility index (Phi) is 8.40. The number of hydrogen-bond acceptors (Lipinski definition) is 9. The van der Waals surface area contributed by atoms with Crippen LogP contribution >= 0.6 is 0 Å². The number of benzene rings is 1. The van der Waals surface area contributed by atoms with E-state index in [2.05, 4.69) is 24.6 Å². The number of anilines is 1. The van der Waals surface area contributed by atoms with Crippen molar-refractivity contribution in [1.29, 1.82) is 0 Å². The summed E-state index contributed by atoms with van der Waals surface area (Å²) in [6, 6.07) is 1.79. The summed E-state index contributed by atoms with van der Waals surface area (Å²) in [5.41, 5.74) is -3.55. The molecule has 3 aromatic rings. The number of nitrogens with one attached hydrogen (secondary N) is 1. The second-order valence-electron chi connectivity index (χ2n) is 9.30. The molecule has 18 heteroatoms. The SMILES string of the molecule is NS(=O)(=O)OC[C@H]1C[C@@H](Nc2ncncc2C(=O)c2ccn(Cc3cc(C(F)(F)F)ccc3C(F)(F)F)n2)C[C@@H]1O. The molecule has 1 aromatic carbocycles. The van der Waals surface area contributed by atoms with Gasteiger partial charge in [-0.2, -0.15) is 39.9 Å². The number of ketones is 1. The van der Waals surface area contributed by atoms with Gasteiger partial charge in [-0.15, -0.1) is 0 Å². The van der Waals surface area contributed by atoms with Crippen LogP contribution in [0.15, 0.2) is 43.0 Å². The molecule has 0 spiro atoms. The highest BCUT2D eigenvalue weighted by Gasteiger charge is 2.37. The lowest BCUT2D eigenvalue weighted by molar-refractivity contribution is -0.141.